The first-order valence-corrected chi connectivity index (χ1v) is 9.62. The first-order chi connectivity index (χ1) is 13.1. The molecule has 0 radical (unpaired) electrons. The van der Waals surface area contributed by atoms with Crippen molar-refractivity contribution >= 4 is 11.7 Å². The summed E-state index contributed by atoms with van der Waals surface area (Å²) in [5.74, 6) is 1.36. The van der Waals surface area contributed by atoms with Gasteiger partial charge in [-0.15, -0.1) is 0 Å². The molecule has 0 saturated carbocycles. The first kappa shape index (κ1) is 19.1. The molecule has 1 aliphatic rings. The average molecular weight is 370 g/mol. The van der Waals surface area contributed by atoms with Crippen LogP contribution in [0.15, 0.2) is 42.7 Å². The molecule has 0 aliphatic carbocycles. The minimum atomic E-state index is -0.0185. The maximum atomic E-state index is 12.4. The van der Waals surface area contributed by atoms with Crippen LogP contribution >= 0.6 is 0 Å². The highest BCUT2D eigenvalue weighted by Gasteiger charge is 2.25. The van der Waals surface area contributed by atoms with Gasteiger partial charge in [-0.1, -0.05) is 12.1 Å². The summed E-state index contributed by atoms with van der Waals surface area (Å²) in [5, 5.41) is 3.09. The minimum absolute atomic E-state index is 0.0185. The minimum Gasteiger partial charge on any atom is -0.495 e. The lowest BCUT2D eigenvalue weighted by Crippen LogP contribution is -2.39. The van der Waals surface area contributed by atoms with Crippen molar-refractivity contribution in [2.45, 2.75) is 26.4 Å². The number of hydrogen-bond donors (Lipinski definition) is 1. The van der Waals surface area contributed by atoms with Crippen LogP contribution in [0.4, 0.5) is 10.5 Å². The van der Waals surface area contributed by atoms with E-state index in [1.54, 1.807) is 12.0 Å². The average Bonchev–Trinajstić information content (AvgIpc) is 3.35. The van der Waals surface area contributed by atoms with Crippen LogP contribution in [0.5, 0.6) is 5.75 Å². The SMILES string of the molecule is CCn1ccc(CN(C)C(=O)NC[C@@H]2CCN(c3ccccc3OC)C2)c1. The Balaban J connectivity index is 1.46. The Kier molecular flexibility index (Phi) is 6.27. The third-order valence-electron chi connectivity index (χ3n) is 5.20. The van der Waals surface area contributed by atoms with E-state index in [2.05, 4.69) is 40.0 Å². The molecule has 1 aromatic heterocycles. The Morgan fingerprint density at radius 3 is 2.89 bits per heavy atom. The van der Waals surface area contributed by atoms with Crippen LogP contribution in [0.3, 0.4) is 0 Å². The molecular weight excluding hydrogens is 340 g/mol. The van der Waals surface area contributed by atoms with E-state index in [4.69, 9.17) is 4.74 Å². The summed E-state index contributed by atoms with van der Waals surface area (Å²) in [6.45, 7) is 6.29. The molecule has 0 spiro atoms. The van der Waals surface area contributed by atoms with Crippen molar-refractivity contribution in [3.8, 4) is 5.75 Å². The second-order valence-electron chi connectivity index (χ2n) is 7.16. The highest BCUT2D eigenvalue weighted by Crippen LogP contribution is 2.31. The Hall–Kier alpha value is -2.63. The van der Waals surface area contributed by atoms with E-state index in [-0.39, 0.29) is 6.03 Å². The number of urea groups is 1. The smallest absolute Gasteiger partial charge is 0.317 e. The maximum Gasteiger partial charge on any atom is 0.317 e. The summed E-state index contributed by atoms with van der Waals surface area (Å²) in [5.41, 5.74) is 2.28. The monoisotopic (exact) mass is 370 g/mol. The van der Waals surface area contributed by atoms with Gasteiger partial charge in [-0.2, -0.15) is 0 Å². The van der Waals surface area contributed by atoms with Crippen molar-refractivity contribution in [3.63, 3.8) is 0 Å². The van der Waals surface area contributed by atoms with E-state index < -0.39 is 0 Å². The van der Waals surface area contributed by atoms with Gasteiger partial charge in [0.05, 0.1) is 12.8 Å². The van der Waals surface area contributed by atoms with Gasteiger partial charge in [0.1, 0.15) is 5.75 Å². The fraction of sp³-hybridized carbons (Fsp3) is 0.476. The number of aromatic nitrogens is 1. The summed E-state index contributed by atoms with van der Waals surface area (Å²) in [4.78, 5) is 16.5. The second-order valence-corrected chi connectivity index (χ2v) is 7.16. The fourth-order valence-electron chi connectivity index (χ4n) is 3.60. The number of para-hydroxylation sites is 2. The number of rotatable bonds is 7. The molecule has 6 heteroatoms. The normalized spacial score (nSPS) is 16.4. The molecule has 3 rings (SSSR count). The number of carbonyl (C=O) groups excluding carboxylic acids is 1. The van der Waals surface area contributed by atoms with Crippen LogP contribution in [0.25, 0.3) is 0 Å². The molecule has 1 saturated heterocycles. The number of aryl methyl sites for hydroxylation is 1. The van der Waals surface area contributed by atoms with Crippen LogP contribution in [0.2, 0.25) is 0 Å². The molecule has 2 aromatic rings. The van der Waals surface area contributed by atoms with E-state index in [1.807, 2.05) is 31.4 Å². The zero-order chi connectivity index (χ0) is 19.2. The molecule has 27 heavy (non-hydrogen) atoms. The lowest BCUT2D eigenvalue weighted by atomic mass is 10.1. The summed E-state index contributed by atoms with van der Waals surface area (Å²) in [6.07, 6.45) is 5.21. The molecule has 1 fully saturated rings. The lowest BCUT2D eigenvalue weighted by Gasteiger charge is -2.22. The summed E-state index contributed by atoms with van der Waals surface area (Å²) >= 11 is 0. The second kappa shape index (κ2) is 8.84. The Bertz CT molecular complexity index is 758. The van der Waals surface area contributed by atoms with Crippen LogP contribution in [-0.2, 0) is 13.1 Å². The maximum absolute atomic E-state index is 12.4. The van der Waals surface area contributed by atoms with Gasteiger partial charge in [0.25, 0.3) is 0 Å². The number of ether oxygens (including phenoxy) is 1. The van der Waals surface area contributed by atoms with E-state index in [0.29, 0.717) is 19.0 Å². The number of anilines is 1. The number of hydrogen-bond acceptors (Lipinski definition) is 3. The predicted octanol–water partition coefficient (Wildman–Crippen LogP) is 3.18. The molecule has 6 nitrogen and oxygen atoms in total. The number of carbonyl (C=O) groups is 1. The van der Waals surface area contributed by atoms with Crippen molar-refractivity contribution < 1.29 is 9.53 Å². The zero-order valence-electron chi connectivity index (χ0n) is 16.5. The summed E-state index contributed by atoms with van der Waals surface area (Å²) in [6, 6.07) is 10.2. The third-order valence-corrected chi connectivity index (χ3v) is 5.20. The molecule has 1 atom stereocenters. The quantitative estimate of drug-likeness (QED) is 0.814. The van der Waals surface area contributed by atoms with Gasteiger partial charge in [0.2, 0.25) is 0 Å². The number of nitrogens with one attached hydrogen (secondary N) is 1. The van der Waals surface area contributed by atoms with E-state index in [9.17, 15) is 4.79 Å². The molecule has 0 bridgehead atoms. The highest BCUT2D eigenvalue weighted by molar-refractivity contribution is 5.73. The van der Waals surface area contributed by atoms with Crippen molar-refractivity contribution in [1.29, 1.82) is 0 Å². The summed E-state index contributed by atoms with van der Waals surface area (Å²) < 4.78 is 7.59. The van der Waals surface area contributed by atoms with Crippen molar-refractivity contribution in [2.24, 2.45) is 5.92 Å². The Morgan fingerprint density at radius 2 is 2.15 bits per heavy atom. The molecule has 1 aromatic carbocycles. The number of methoxy groups -OCH3 is 1. The largest absolute Gasteiger partial charge is 0.495 e. The Morgan fingerprint density at radius 1 is 1.33 bits per heavy atom. The molecule has 1 N–H and O–H groups in total. The van der Waals surface area contributed by atoms with Crippen molar-refractivity contribution in [3.05, 3.63) is 48.3 Å². The molecule has 1 aliphatic heterocycles. The van der Waals surface area contributed by atoms with Crippen molar-refractivity contribution in [1.82, 2.24) is 14.8 Å². The fourth-order valence-corrected chi connectivity index (χ4v) is 3.60. The lowest BCUT2D eigenvalue weighted by molar-refractivity contribution is 0.205. The van der Waals surface area contributed by atoms with Gasteiger partial charge >= 0.3 is 6.03 Å². The summed E-state index contributed by atoms with van der Waals surface area (Å²) in [7, 11) is 3.55. The van der Waals surface area contributed by atoms with Gasteiger partial charge in [-0.05, 0) is 43.0 Å². The van der Waals surface area contributed by atoms with Crippen LogP contribution < -0.4 is 15.0 Å². The van der Waals surface area contributed by atoms with Gasteiger partial charge in [0, 0.05) is 52.2 Å². The highest BCUT2D eigenvalue weighted by atomic mass is 16.5. The number of nitrogens with zero attached hydrogens (tertiary/aromatic N) is 3. The van der Waals surface area contributed by atoms with Gasteiger partial charge in [0.15, 0.2) is 0 Å². The molecule has 2 heterocycles. The zero-order valence-corrected chi connectivity index (χ0v) is 16.5. The third kappa shape index (κ3) is 4.76. The van der Waals surface area contributed by atoms with Crippen molar-refractivity contribution in [2.75, 3.05) is 38.7 Å². The van der Waals surface area contributed by atoms with Crippen LogP contribution in [0, 0.1) is 5.92 Å². The predicted molar refractivity (Wildman–Crippen MR) is 108 cm³/mol. The molecule has 2 amide bonds. The van der Waals surface area contributed by atoms with Crippen LogP contribution in [0.1, 0.15) is 18.9 Å². The standard InChI is InChI=1S/C21H30N4O2/c1-4-24-11-9-18(15-24)14-23(2)21(26)22-13-17-10-12-25(16-17)19-7-5-6-8-20(19)27-3/h5-9,11,15,17H,4,10,12-14,16H2,1-3H3,(H,22,26)/t17-/m0/s1. The van der Waals surface area contributed by atoms with Gasteiger partial charge in [-0.3, -0.25) is 0 Å². The topological polar surface area (TPSA) is 49.7 Å². The van der Waals surface area contributed by atoms with Crippen LogP contribution in [-0.4, -0.2) is 49.3 Å². The number of amides is 2. The van der Waals surface area contributed by atoms with E-state index in [0.717, 1.165) is 43.1 Å². The molecule has 146 valence electrons. The van der Waals surface area contributed by atoms with Gasteiger partial charge < -0.3 is 24.4 Å². The van der Waals surface area contributed by atoms with Gasteiger partial charge in [-0.25, -0.2) is 4.79 Å². The van der Waals surface area contributed by atoms with E-state index in [1.165, 1.54) is 0 Å². The van der Waals surface area contributed by atoms with E-state index >= 15 is 0 Å². The molecular formula is C21H30N4O2. The first-order valence-electron chi connectivity index (χ1n) is 9.62. The Labute approximate surface area is 161 Å². The molecule has 0 unspecified atom stereocenters. The number of benzene rings is 1.